The summed E-state index contributed by atoms with van der Waals surface area (Å²) in [4.78, 5) is 0. The molecule has 0 aromatic heterocycles. The third-order valence-corrected chi connectivity index (χ3v) is 14.5. The zero-order chi connectivity index (χ0) is 24.0. The summed E-state index contributed by atoms with van der Waals surface area (Å²) in [5.41, 5.74) is 3.44. The van der Waals surface area contributed by atoms with Gasteiger partial charge in [0.15, 0.2) is 0 Å². The van der Waals surface area contributed by atoms with Gasteiger partial charge in [-0.3, -0.25) is 0 Å². The van der Waals surface area contributed by atoms with Crippen LogP contribution in [0.3, 0.4) is 0 Å². The molecule has 174 valence electrons. The van der Waals surface area contributed by atoms with Gasteiger partial charge in [-0.1, -0.05) is 118 Å². The Labute approximate surface area is 199 Å². The van der Waals surface area contributed by atoms with Gasteiger partial charge in [0.25, 0.3) is 8.32 Å². The van der Waals surface area contributed by atoms with Crippen molar-refractivity contribution in [3.05, 3.63) is 84.5 Å². The van der Waals surface area contributed by atoms with Gasteiger partial charge < -0.3 is 4.43 Å². The smallest absolute Gasteiger partial charge is 0.261 e. The molecule has 0 heterocycles. The molecule has 1 unspecified atom stereocenters. The van der Waals surface area contributed by atoms with E-state index in [1.165, 1.54) is 27.9 Å². The molecule has 0 spiro atoms. The minimum absolute atomic E-state index is 0.0142. The van der Waals surface area contributed by atoms with Gasteiger partial charge in [-0.05, 0) is 47.6 Å². The minimum Gasteiger partial charge on any atom is -0.404 e. The molecule has 0 saturated carbocycles. The lowest BCUT2D eigenvalue weighted by Gasteiger charge is -2.42. The largest absolute Gasteiger partial charge is 0.404 e. The summed E-state index contributed by atoms with van der Waals surface area (Å²) in [6, 6.07) is 21.8. The SMILES string of the molecule is C=C(C)C(CC/C(C)=C/CO[Si](c1ccccc1)(c1ccccc1)C(C)(C)C)[Si](C)(C)C. The van der Waals surface area contributed by atoms with Crippen molar-refractivity contribution in [3.63, 3.8) is 0 Å². The molecule has 0 aliphatic rings. The van der Waals surface area contributed by atoms with Crippen molar-refractivity contribution in [3.8, 4) is 0 Å². The zero-order valence-electron chi connectivity index (χ0n) is 21.7. The summed E-state index contributed by atoms with van der Waals surface area (Å²) in [5.74, 6) is 0. The highest BCUT2D eigenvalue weighted by molar-refractivity contribution is 6.99. The molecule has 0 fully saturated rings. The monoisotopic (exact) mass is 464 g/mol. The first-order chi connectivity index (χ1) is 14.9. The Morgan fingerprint density at radius 2 is 1.38 bits per heavy atom. The van der Waals surface area contributed by atoms with Gasteiger partial charge in [-0.2, -0.15) is 0 Å². The lowest BCUT2D eigenvalue weighted by Crippen LogP contribution is -2.66. The van der Waals surface area contributed by atoms with E-state index in [1.807, 2.05) is 0 Å². The van der Waals surface area contributed by atoms with Crippen molar-refractivity contribution < 1.29 is 4.43 Å². The Kier molecular flexibility index (Phi) is 9.10. The Morgan fingerprint density at radius 3 is 1.75 bits per heavy atom. The summed E-state index contributed by atoms with van der Waals surface area (Å²) < 4.78 is 7.01. The van der Waals surface area contributed by atoms with Gasteiger partial charge >= 0.3 is 0 Å². The first kappa shape index (κ1) is 26.6. The van der Waals surface area contributed by atoms with Crippen LogP contribution >= 0.6 is 0 Å². The number of hydrogen-bond acceptors (Lipinski definition) is 1. The molecule has 0 N–H and O–H groups in total. The zero-order valence-corrected chi connectivity index (χ0v) is 23.7. The molecule has 0 amide bonds. The quantitative estimate of drug-likeness (QED) is 0.260. The predicted molar refractivity (Wildman–Crippen MR) is 148 cm³/mol. The van der Waals surface area contributed by atoms with E-state index >= 15 is 0 Å². The highest BCUT2D eigenvalue weighted by Crippen LogP contribution is 2.37. The second-order valence-corrected chi connectivity index (χ2v) is 21.1. The number of allylic oxidation sites excluding steroid dienone is 2. The first-order valence-electron chi connectivity index (χ1n) is 12.0. The molecule has 0 radical (unpaired) electrons. The van der Waals surface area contributed by atoms with Crippen LogP contribution in [0.25, 0.3) is 0 Å². The molecule has 32 heavy (non-hydrogen) atoms. The van der Waals surface area contributed by atoms with E-state index in [4.69, 9.17) is 4.43 Å². The van der Waals surface area contributed by atoms with Gasteiger partial charge in [-0.15, -0.1) is 6.58 Å². The van der Waals surface area contributed by atoms with E-state index in [0.717, 1.165) is 6.42 Å². The third-order valence-electron chi connectivity index (χ3n) is 6.62. The normalized spacial score (nSPS) is 14.3. The molecule has 3 heteroatoms. The maximum atomic E-state index is 7.01. The van der Waals surface area contributed by atoms with Crippen LogP contribution in [-0.4, -0.2) is 23.0 Å². The number of hydrogen-bond donors (Lipinski definition) is 0. The highest BCUT2D eigenvalue weighted by Gasteiger charge is 2.49. The fourth-order valence-electron chi connectivity index (χ4n) is 4.96. The lowest BCUT2D eigenvalue weighted by atomic mass is 10.1. The molecule has 2 aromatic carbocycles. The topological polar surface area (TPSA) is 9.23 Å². The summed E-state index contributed by atoms with van der Waals surface area (Å²) in [5, 5.41) is 2.69. The molecule has 1 nitrogen and oxygen atoms in total. The van der Waals surface area contributed by atoms with E-state index in [0.29, 0.717) is 12.1 Å². The van der Waals surface area contributed by atoms with Gasteiger partial charge in [-0.25, -0.2) is 0 Å². The van der Waals surface area contributed by atoms with Crippen molar-refractivity contribution in [1.29, 1.82) is 0 Å². The average Bonchev–Trinajstić information content (AvgIpc) is 2.70. The Hall–Kier alpha value is -1.69. The van der Waals surface area contributed by atoms with Crippen LogP contribution in [0.2, 0.25) is 30.2 Å². The maximum absolute atomic E-state index is 7.01. The van der Waals surface area contributed by atoms with E-state index in [-0.39, 0.29) is 5.04 Å². The average molecular weight is 465 g/mol. The summed E-state index contributed by atoms with van der Waals surface area (Å²) in [7, 11) is -3.70. The van der Waals surface area contributed by atoms with Crippen molar-refractivity contribution >= 4 is 26.8 Å². The fourth-order valence-corrected chi connectivity index (χ4v) is 11.9. The van der Waals surface area contributed by atoms with Crippen LogP contribution in [0.5, 0.6) is 0 Å². The molecule has 0 saturated heterocycles. The maximum Gasteiger partial charge on any atom is 0.261 e. The van der Waals surface area contributed by atoms with Crippen molar-refractivity contribution in [2.45, 2.75) is 77.7 Å². The van der Waals surface area contributed by atoms with E-state index in [1.54, 1.807) is 0 Å². The van der Waals surface area contributed by atoms with Crippen LogP contribution in [-0.2, 0) is 4.43 Å². The van der Waals surface area contributed by atoms with E-state index < -0.39 is 16.4 Å². The van der Waals surface area contributed by atoms with Crippen LogP contribution in [0.4, 0.5) is 0 Å². The second-order valence-electron chi connectivity index (χ2n) is 11.3. The third kappa shape index (κ3) is 6.43. The minimum atomic E-state index is -2.46. The molecular weight excluding hydrogens is 420 g/mol. The molecule has 0 aliphatic carbocycles. The van der Waals surface area contributed by atoms with E-state index in [9.17, 15) is 0 Å². The van der Waals surface area contributed by atoms with E-state index in [2.05, 4.69) is 128 Å². The molecule has 2 aromatic rings. The second kappa shape index (κ2) is 11.0. The summed E-state index contributed by atoms with van der Waals surface area (Å²) in [6.07, 6.45) is 4.64. The van der Waals surface area contributed by atoms with Crippen LogP contribution in [0.15, 0.2) is 84.5 Å². The van der Waals surface area contributed by atoms with Crippen molar-refractivity contribution in [2.24, 2.45) is 0 Å². The Morgan fingerprint density at radius 1 is 0.906 bits per heavy atom. The van der Waals surface area contributed by atoms with Crippen molar-refractivity contribution in [2.75, 3.05) is 6.61 Å². The Balaban J connectivity index is 2.29. The van der Waals surface area contributed by atoms with Crippen LogP contribution in [0, 0.1) is 0 Å². The standard InChI is InChI=1S/C29H44OSi2/c1-24(2)28(31(7,8)9)21-20-25(3)22-23-30-32(29(4,5)6,26-16-12-10-13-17-26)27-18-14-11-15-19-27/h10-19,22,28H,1,20-21,23H2,2-9H3/b25-22+. The molecule has 0 bridgehead atoms. The molecule has 1 atom stereocenters. The van der Waals surface area contributed by atoms with Crippen LogP contribution < -0.4 is 10.4 Å². The van der Waals surface area contributed by atoms with Gasteiger partial charge in [0, 0.05) is 0 Å². The lowest BCUT2D eigenvalue weighted by molar-refractivity contribution is 0.338. The van der Waals surface area contributed by atoms with Gasteiger partial charge in [0.2, 0.25) is 0 Å². The Bertz CT molecular complexity index is 847. The van der Waals surface area contributed by atoms with Gasteiger partial charge in [0.05, 0.1) is 14.7 Å². The number of benzene rings is 2. The summed E-state index contributed by atoms with van der Waals surface area (Å²) >= 11 is 0. The molecule has 0 aliphatic heterocycles. The highest BCUT2D eigenvalue weighted by atomic mass is 28.4. The van der Waals surface area contributed by atoms with Crippen molar-refractivity contribution in [1.82, 2.24) is 0 Å². The predicted octanol–water partition coefficient (Wildman–Crippen LogP) is 7.57. The van der Waals surface area contributed by atoms with Crippen LogP contribution in [0.1, 0.15) is 47.5 Å². The molecule has 2 rings (SSSR count). The summed E-state index contributed by atoms with van der Waals surface area (Å²) in [6.45, 7) is 23.8. The van der Waals surface area contributed by atoms with Gasteiger partial charge in [0.1, 0.15) is 0 Å². The fraction of sp³-hybridized carbons (Fsp3) is 0.448. The number of rotatable bonds is 10. The first-order valence-corrected chi connectivity index (χ1v) is 17.4. The molecular formula is C29H44OSi2.